The van der Waals surface area contributed by atoms with E-state index in [0.29, 0.717) is 13.2 Å². The fourth-order valence-electron chi connectivity index (χ4n) is 2.18. The van der Waals surface area contributed by atoms with Gasteiger partial charge in [0.25, 0.3) is 0 Å². The molecule has 0 saturated carbocycles. The van der Waals surface area contributed by atoms with Crippen LogP contribution in [0.1, 0.15) is 30.4 Å². The predicted molar refractivity (Wildman–Crippen MR) is 72.3 cm³/mol. The summed E-state index contributed by atoms with van der Waals surface area (Å²) in [5.41, 5.74) is 7.74. The Morgan fingerprint density at radius 3 is 2.39 bits per heavy atom. The van der Waals surface area contributed by atoms with Crippen LogP contribution >= 0.6 is 0 Å². The van der Waals surface area contributed by atoms with E-state index in [1.807, 2.05) is 12.1 Å². The maximum Gasteiger partial charge on any atom is 0.131 e. The molecule has 4 heteroatoms. The number of ether oxygens (including phenoxy) is 3. The Labute approximate surface area is 109 Å². The molecule has 0 aliphatic heterocycles. The number of nitrogens with two attached hydrogens (primary N) is 1. The van der Waals surface area contributed by atoms with E-state index in [-0.39, 0.29) is 5.92 Å². The van der Waals surface area contributed by atoms with Crippen molar-refractivity contribution in [3.05, 3.63) is 23.3 Å². The highest BCUT2D eigenvalue weighted by Gasteiger charge is 2.19. The summed E-state index contributed by atoms with van der Waals surface area (Å²) in [6.45, 7) is 3.29. The molecule has 18 heavy (non-hydrogen) atoms. The van der Waals surface area contributed by atoms with Crippen molar-refractivity contribution in [3.8, 4) is 11.5 Å². The summed E-state index contributed by atoms with van der Waals surface area (Å²) in [6, 6.07) is 3.93. The van der Waals surface area contributed by atoms with Crippen LogP contribution in [0.2, 0.25) is 0 Å². The van der Waals surface area contributed by atoms with Gasteiger partial charge in [0.05, 0.1) is 20.8 Å². The van der Waals surface area contributed by atoms with Crippen molar-refractivity contribution in [2.75, 3.05) is 27.9 Å². The molecule has 0 bridgehead atoms. The molecule has 1 aromatic carbocycles. The summed E-state index contributed by atoms with van der Waals surface area (Å²) in [5, 5.41) is 0. The third kappa shape index (κ3) is 3.15. The van der Waals surface area contributed by atoms with Gasteiger partial charge in [-0.2, -0.15) is 0 Å². The second-order valence-corrected chi connectivity index (χ2v) is 4.29. The lowest BCUT2D eigenvalue weighted by atomic mass is 9.93. The van der Waals surface area contributed by atoms with Crippen LogP contribution in [0.25, 0.3) is 0 Å². The summed E-state index contributed by atoms with van der Waals surface area (Å²) < 4.78 is 16.2. The van der Waals surface area contributed by atoms with Gasteiger partial charge in [-0.3, -0.25) is 0 Å². The number of rotatable bonds is 7. The molecule has 1 rings (SSSR count). The molecule has 0 aliphatic rings. The zero-order valence-electron chi connectivity index (χ0n) is 11.7. The highest BCUT2D eigenvalue weighted by molar-refractivity contribution is 5.51. The number of benzene rings is 1. The van der Waals surface area contributed by atoms with Crippen molar-refractivity contribution >= 4 is 0 Å². The maximum atomic E-state index is 5.64. The first-order valence-corrected chi connectivity index (χ1v) is 6.12. The zero-order chi connectivity index (χ0) is 13.5. The molecule has 4 nitrogen and oxygen atoms in total. The van der Waals surface area contributed by atoms with E-state index in [2.05, 4.69) is 6.92 Å². The maximum absolute atomic E-state index is 5.64. The highest BCUT2D eigenvalue weighted by atomic mass is 16.5. The molecular weight excluding hydrogens is 230 g/mol. The Kier molecular flexibility index (Phi) is 5.95. The Balaban J connectivity index is 3.26. The van der Waals surface area contributed by atoms with Gasteiger partial charge in [-0.25, -0.2) is 0 Å². The third-order valence-electron chi connectivity index (χ3n) is 3.05. The third-order valence-corrected chi connectivity index (χ3v) is 3.05. The molecule has 0 aromatic heterocycles. The van der Waals surface area contributed by atoms with Crippen LogP contribution in [0.4, 0.5) is 0 Å². The first-order valence-electron chi connectivity index (χ1n) is 6.12. The van der Waals surface area contributed by atoms with Gasteiger partial charge in [-0.1, -0.05) is 6.92 Å². The fraction of sp³-hybridized carbons (Fsp3) is 0.571. The summed E-state index contributed by atoms with van der Waals surface area (Å²) in [7, 11) is 5.02. The summed E-state index contributed by atoms with van der Waals surface area (Å²) in [6.07, 6.45) is 0.892. The standard InChI is InChI=1S/C14H23NO3/c1-10(7-8-15)13-12(17-3)6-5-11(9-16-2)14(13)18-4/h5-6,10H,7-9,15H2,1-4H3. The minimum absolute atomic E-state index is 0.289. The van der Waals surface area contributed by atoms with Gasteiger partial charge in [-0.15, -0.1) is 0 Å². The van der Waals surface area contributed by atoms with Crippen molar-refractivity contribution in [2.24, 2.45) is 5.73 Å². The molecule has 1 aromatic rings. The molecule has 0 heterocycles. The van der Waals surface area contributed by atoms with Crippen LogP contribution in [0, 0.1) is 0 Å². The van der Waals surface area contributed by atoms with E-state index in [9.17, 15) is 0 Å². The lowest BCUT2D eigenvalue weighted by Gasteiger charge is -2.21. The summed E-state index contributed by atoms with van der Waals surface area (Å²) in [5.74, 6) is 1.97. The fourth-order valence-corrected chi connectivity index (χ4v) is 2.18. The van der Waals surface area contributed by atoms with Crippen LogP contribution in [-0.2, 0) is 11.3 Å². The Morgan fingerprint density at radius 1 is 1.17 bits per heavy atom. The minimum atomic E-state index is 0.289. The molecular formula is C14H23NO3. The molecule has 0 saturated heterocycles. The summed E-state index contributed by atoms with van der Waals surface area (Å²) in [4.78, 5) is 0. The molecule has 0 radical (unpaired) electrons. The smallest absolute Gasteiger partial charge is 0.131 e. The van der Waals surface area contributed by atoms with Crippen molar-refractivity contribution in [1.29, 1.82) is 0 Å². The average molecular weight is 253 g/mol. The number of methoxy groups -OCH3 is 3. The quantitative estimate of drug-likeness (QED) is 0.810. The average Bonchev–Trinajstić information content (AvgIpc) is 2.38. The Bertz CT molecular complexity index is 380. The number of hydrogen-bond acceptors (Lipinski definition) is 4. The van der Waals surface area contributed by atoms with E-state index < -0.39 is 0 Å². The largest absolute Gasteiger partial charge is 0.496 e. The Morgan fingerprint density at radius 2 is 1.89 bits per heavy atom. The van der Waals surface area contributed by atoms with Gasteiger partial charge in [0.1, 0.15) is 11.5 Å². The number of hydrogen-bond donors (Lipinski definition) is 1. The first kappa shape index (κ1) is 14.8. The molecule has 0 amide bonds. The van der Waals surface area contributed by atoms with E-state index in [0.717, 1.165) is 29.0 Å². The topological polar surface area (TPSA) is 53.7 Å². The van der Waals surface area contributed by atoms with Crippen LogP contribution in [0.5, 0.6) is 11.5 Å². The van der Waals surface area contributed by atoms with Crippen molar-refractivity contribution in [1.82, 2.24) is 0 Å². The zero-order valence-corrected chi connectivity index (χ0v) is 11.7. The van der Waals surface area contributed by atoms with Gasteiger partial charge in [0, 0.05) is 18.2 Å². The molecule has 1 unspecified atom stereocenters. The predicted octanol–water partition coefficient (Wildman–Crippen LogP) is 2.30. The molecule has 1 atom stereocenters. The van der Waals surface area contributed by atoms with Gasteiger partial charge in [0.15, 0.2) is 0 Å². The first-order chi connectivity index (χ1) is 8.69. The van der Waals surface area contributed by atoms with Gasteiger partial charge >= 0.3 is 0 Å². The summed E-state index contributed by atoms with van der Waals surface area (Å²) >= 11 is 0. The minimum Gasteiger partial charge on any atom is -0.496 e. The monoisotopic (exact) mass is 253 g/mol. The second kappa shape index (κ2) is 7.24. The van der Waals surface area contributed by atoms with Gasteiger partial charge in [0.2, 0.25) is 0 Å². The van der Waals surface area contributed by atoms with E-state index >= 15 is 0 Å². The van der Waals surface area contributed by atoms with E-state index in [1.165, 1.54) is 0 Å². The molecule has 102 valence electrons. The van der Waals surface area contributed by atoms with Crippen LogP contribution in [-0.4, -0.2) is 27.9 Å². The molecule has 0 spiro atoms. The SMILES string of the molecule is COCc1ccc(OC)c(C(C)CCN)c1OC. The van der Waals surface area contributed by atoms with Crippen LogP contribution in [0.15, 0.2) is 12.1 Å². The van der Waals surface area contributed by atoms with E-state index in [1.54, 1.807) is 21.3 Å². The molecule has 0 aliphatic carbocycles. The van der Waals surface area contributed by atoms with Crippen LogP contribution in [0.3, 0.4) is 0 Å². The lowest BCUT2D eigenvalue weighted by Crippen LogP contribution is -2.09. The van der Waals surface area contributed by atoms with Crippen LogP contribution < -0.4 is 15.2 Å². The molecule has 0 fully saturated rings. The molecule has 2 N–H and O–H groups in total. The highest BCUT2D eigenvalue weighted by Crippen LogP contribution is 2.39. The van der Waals surface area contributed by atoms with Crippen molar-refractivity contribution in [2.45, 2.75) is 25.9 Å². The second-order valence-electron chi connectivity index (χ2n) is 4.29. The lowest BCUT2D eigenvalue weighted by molar-refractivity contribution is 0.181. The van der Waals surface area contributed by atoms with Gasteiger partial charge in [-0.05, 0) is 31.0 Å². The van der Waals surface area contributed by atoms with Gasteiger partial charge < -0.3 is 19.9 Å². The Hall–Kier alpha value is -1.26. The van der Waals surface area contributed by atoms with Crippen molar-refractivity contribution in [3.63, 3.8) is 0 Å². The normalized spacial score (nSPS) is 12.3. The van der Waals surface area contributed by atoms with Crippen molar-refractivity contribution < 1.29 is 14.2 Å². The van der Waals surface area contributed by atoms with E-state index in [4.69, 9.17) is 19.9 Å².